The van der Waals surface area contributed by atoms with Gasteiger partial charge in [0.2, 0.25) is 5.91 Å². The Labute approximate surface area is 183 Å². The number of hydrogen-bond acceptors (Lipinski definition) is 5. The number of amides is 1. The summed E-state index contributed by atoms with van der Waals surface area (Å²) in [4.78, 5) is 13.9. The zero-order valence-corrected chi connectivity index (χ0v) is 19.2. The minimum atomic E-state index is -0.293. The summed E-state index contributed by atoms with van der Waals surface area (Å²) < 4.78 is 6.95. The molecule has 1 N–H and O–H groups in total. The monoisotopic (exact) mass is 433 g/mol. The number of hydrogen-bond donors (Lipinski definition) is 1. The van der Waals surface area contributed by atoms with Gasteiger partial charge in [0, 0.05) is 43.1 Å². The van der Waals surface area contributed by atoms with E-state index in [1.165, 1.54) is 0 Å². The molecule has 1 aliphatic heterocycles. The second-order valence-electron chi connectivity index (χ2n) is 10.1. The van der Waals surface area contributed by atoms with Crippen LogP contribution in [0.2, 0.25) is 0 Å². The molecule has 7 nitrogen and oxygen atoms in total. The number of alkyl halides is 1. The molecule has 164 valence electrons. The summed E-state index contributed by atoms with van der Waals surface area (Å²) in [6.07, 6.45) is 6.92. The number of nitrogens with zero attached hydrogens (tertiary/aromatic N) is 4. The quantitative estimate of drug-likeness (QED) is 0.572. The van der Waals surface area contributed by atoms with Crippen molar-refractivity contribution in [1.29, 1.82) is 0 Å². The van der Waals surface area contributed by atoms with E-state index in [0.717, 1.165) is 37.1 Å². The third-order valence-corrected chi connectivity index (χ3v) is 7.36. The smallest absolute Gasteiger partial charge is 0.220 e. The molecule has 4 atom stereocenters. The van der Waals surface area contributed by atoms with E-state index in [2.05, 4.69) is 36.3 Å². The average Bonchev–Trinajstić information content (AvgIpc) is 3.33. The van der Waals surface area contributed by atoms with Crippen LogP contribution in [0.1, 0.15) is 64.2 Å². The molecule has 30 heavy (non-hydrogen) atoms. The van der Waals surface area contributed by atoms with Crippen LogP contribution in [0.3, 0.4) is 0 Å². The van der Waals surface area contributed by atoms with Gasteiger partial charge in [0.15, 0.2) is 5.82 Å². The minimum Gasteiger partial charge on any atom is -0.359 e. The maximum atomic E-state index is 12.1. The lowest BCUT2D eigenvalue weighted by molar-refractivity contribution is -0.129. The van der Waals surface area contributed by atoms with E-state index >= 15 is 0 Å². The fourth-order valence-electron chi connectivity index (χ4n) is 5.06. The van der Waals surface area contributed by atoms with Crippen LogP contribution in [0, 0.1) is 17.8 Å². The second kappa shape index (κ2) is 7.68. The lowest BCUT2D eigenvalue weighted by Crippen LogP contribution is -2.60. The van der Waals surface area contributed by atoms with Gasteiger partial charge in [0.25, 0.3) is 0 Å². The molecular formula is C22H32ClN5O2. The Kier molecular flexibility index (Phi) is 5.47. The largest absolute Gasteiger partial charge is 0.359 e. The Morgan fingerprint density at radius 2 is 2.20 bits per heavy atom. The summed E-state index contributed by atoms with van der Waals surface area (Å²) in [7, 11) is 0. The Bertz CT molecular complexity index is 917. The molecule has 1 saturated carbocycles. The minimum absolute atomic E-state index is 0.0449. The van der Waals surface area contributed by atoms with Crippen molar-refractivity contribution >= 4 is 17.5 Å². The molecule has 1 spiro atoms. The summed E-state index contributed by atoms with van der Waals surface area (Å²) in [5.41, 5.74) is 0.998. The van der Waals surface area contributed by atoms with Crippen LogP contribution in [-0.2, 0) is 4.79 Å². The van der Waals surface area contributed by atoms with Crippen molar-refractivity contribution in [3.8, 4) is 5.82 Å². The first-order valence-corrected chi connectivity index (χ1v) is 11.2. The number of aromatic nitrogens is 3. The first-order valence-electron chi connectivity index (χ1n) is 10.7. The average molecular weight is 434 g/mol. The Hall–Kier alpha value is -1.86. The number of carbonyl (C=O) groups excluding carboxylic acids is 1. The maximum Gasteiger partial charge on any atom is 0.220 e. The van der Waals surface area contributed by atoms with Crippen LogP contribution >= 0.6 is 11.6 Å². The topological polar surface area (TPSA) is 76.2 Å². The molecule has 3 heterocycles. The summed E-state index contributed by atoms with van der Waals surface area (Å²) >= 11 is 6.90. The third kappa shape index (κ3) is 3.78. The molecule has 4 rings (SSSR count). The number of carbonyl (C=O) groups is 1. The molecule has 0 radical (unpaired) electrons. The van der Waals surface area contributed by atoms with E-state index in [1.807, 2.05) is 30.3 Å². The van der Waals surface area contributed by atoms with Crippen molar-refractivity contribution in [3.63, 3.8) is 0 Å². The van der Waals surface area contributed by atoms with E-state index < -0.39 is 0 Å². The van der Waals surface area contributed by atoms with Crippen molar-refractivity contribution < 1.29 is 9.32 Å². The highest BCUT2D eigenvalue weighted by atomic mass is 35.5. The summed E-state index contributed by atoms with van der Waals surface area (Å²) in [5.74, 6) is 1.66. The van der Waals surface area contributed by atoms with Crippen LogP contribution in [0.4, 0.5) is 0 Å². The molecule has 8 heteroatoms. The molecule has 2 fully saturated rings. The first-order chi connectivity index (χ1) is 14.1. The molecule has 0 bridgehead atoms. The molecule has 1 amide bonds. The van der Waals surface area contributed by atoms with Gasteiger partial charge in [-0.25, -0.2) is 4.68 Å². The SMILES string of the molecule is CC(=O)N1CC[C@@]2(C[C@@H](NCCC(C)(C)C)C2c2cnn(-c3cc(C)on3)c2)C1Cl. The maximum absolute atomic E-state index is 12.1. The zero-order valence-electron chi connectivity index (χ0n) is 18.5. The fraction of sp³-hybridized carbons (Fsp3) is 0.682. The van der Waals surface area contributed by atoms with Crippen LogP contribution < -0.4 is 5.32 Å². The van der Waals surface area contributed by atoms with Gasteiger partial charge in [0.1, 0.15) is 11.3 Å². The number of halogens is 1. The van der Waals surface area contributed by atoms with E-state index in [-0.39, 0.29) is 28.2 Å². The summed E-state index contributed by atoms with van der Waals surface area (Å²) in [6, 6.07) is 2.18. The van der Waals surface area contributed by atoms with E-state index in [0.29, 0.717) is 18.4 Å². The number of aryl methyl sites for hydroxylation is 1. The van der Waals surface area contributed by atoms with E-state index in [1.54, 1.807) is 11.6 Å². The first kappa shape index (κ1) is 21.4. The predicted octanol–water partition coefficient (Wildman–Crippen LogP) is 3.85. The molecule has 2 aromatic rings. The van der Waals surface area contributed by atoms with Gasteiger partial charge in [0.05, 0.1) is 6.20 Å². The molecule has 1 aliphatic carbocycles. The second-order valence-corrected chi connectivity index (χ2v) is 10.5. The van der Waals surface area contributed by atoms with Crippen LogP contribution in [0.15, 0.2) is 23.0 Å². The van der Waals surface area contributed by atoms with Gasteiger partial charge in [-0.3, -0.25) is 4.79 Å². The van der Waals surface area contributed by atoms with E-state index in [9.17, 15) is 4.79 Å². The van der Waals surface area contributed by atoms with Gasteiger partial charge in [-0.2, -0.15) is 5.10 Å². The van der Waals surface area contributed by atoms with Crippen molar-refractivity contribution in [3.05, 3.63) is 29.8 Å². The zero-order chi connectivity index (χ0) is 21.7. The van der Waals surface area contributed by atoms with Crippen molar-refractivity contribution in [2.45, 2.75) is 71.3 Å². The highest BCUT2D eigenvalue weighted by molar-refractivity contribution is 6.22. The Morgan fingerprint density at radius 3 is 2.80 bits per heavy atom. The third-order valence-electron chi connectivity index (χ3n) is 6.69. The van der Waals surface area contributed by atoms with Gasteiger partial charge >= 0.3 is 0 Å². The molecule has 2 aromatic heterocycles. The normalized spacial score (nSPS) is 28.9. The highest BCUT2D eigenvalue weighted by Gasteiger charge is 2.62. The van der Waals surface area contributed by atoms with Crippen LogP contribution in [0.5, 0.6) is 0 Å². The molecule has 2 aliphatic rings. The van der Waals surface area contributed by atoms with Gasteiger partial charge in [-0.15, -0.1) is 0 Å². The van der Waals surface area contributed by atoms with Crippen molar-refractivity contribution in [1.82, 2.24) is 25.2 Å². The molecular weight excluding hydrogens is 402 g/mol. The number of rotatable bonds is 5. The lowest BCUT2D eigenvalue weighted by Gasteiger charge is -2.55. The number of nitrogens with one attached hydrogen (secondary N) is 1. The Morgan fingerprint density at radius 1 is 1.43 bits per heavy atom. The van der Waals surface area contributed by atoms with E-state index in [4.69, 9.17) is 16.1 Å². The van der Waals surface area contributed by atoms with Gasteiger partial charge in [-0.1, -0.05) is 37.5 Å². The molecule has 0 aromatic carbocycles. The van der Waals surface area contributed by atoms with Crippen molar-refractivity contribution in [2.24, 2.45) is 10.8 Å². The number of likely N-dealkylation sites (tertiary alicyclic amines) is 1. The fourth-order valence-corrected chi connectivity index (χ4v) is 5.63. The summed E-state index contributed by atoms with van der Waals surface area (Å²) in [6.45, 7) is 11.9. The predicted molar refractivity (Wildman–Crippen MR) is 116 cm³/mol. The van der Waals surface area contributed by atoms with Gasteiger partial charge in [-0.05, 0) is 43.7 Å². The van der Waals surface area contributed by atoms with Gasteiger partial charge < -0.3 is 14.7 Å². The summed E-state index contributed by atoms with van der Waals surface area (Å²) in [5, 5.41) is 12.4. The molecule has 1 saturated heterocycles. The highest BCUT2D eigenvalue weighted by Crippen LogP contribution is 2.62. The molecule has 2 unspecified atom stereocenters. The Balaban J connectivity index is 1.59. The van der Waals surface area contributed by atoms with Crippen LogP contribution in [0.25, 0.3) is 5.82 Å². The standard InChI is InChI=1S/C22H32ClN5O2/c1-14-10-18(26-30-14)28-13-16(12-25-28)19-17(24-8-6-21(3,4)5)11-22(19)7-9-27(15(2)29)20(22)23/h10,12-13,17,19-20,24H,6-9,11H2,1-5H3/t17-,19?,20?,22+/m1/s1. The lowest BCUT2D eigenvalue weighted by atomic mass is 9.54. The van der Waals surface area contributed by atoms with Crippen molar-refractivity contribution in [2.75, 3.05) is 13.1 Å². The van der Waals surface area contributed by atoms with Crippen LogP contribution in [-0.4, -0.2) is 50.4 Å².